The standard InChI is InChI=1S/C15H24N2OS/c1-9-14(10(2)18)19-15(16-9)17(3)8-13-7-11-4-5-12(13)6-11/h10-13,18H,4-8H2,1-3H3. The lowest BCUT2D eigenvalue weighted by Crippen LogP contribution is -2.28. The lowest BCUT2D eigenvalue weighted by atomic mass is 9.88. The molecular weight excluding hydrogens is 256 g/mol. The second-order valence-electron chi connectivity index (χ2n) is 6.44. The van der Waals surface area contributed by atoms with Crippen molar-refractivity contribution in [3.05, 3.63) is 10.6 Å². The summed E-state index contributed by atoms with van der Waals surface area (Å²) in [5.41, 5.74) is 0.981. The van der Waals surface area contributed by atoms with E-state index >= 15 is 0 Å². The molecule has 2 fully saturated rings. The van der Waals surface area contributed by atoms with E-state index in [1.807, 2.05) is 13.8 Å². The van der Waals surface area contributed by atoms with E-state index in [-0.39, 0.29) is 0 Å². The average Bonchev–Trinajstić information content (AvgIpc) is 3.02. The molecule has 1 aromatic heterocycles. The van der Waals surface area contributed by atoms with Crippen molar-refractivity contribution in [2.75, 3.05) is 18.5 Å². The summed E-state index contributed by atoms with van der Waals surface area (Å²) in [5.74, 6) is 2.84. The SMILES string of the molecule is Cc1nc(N(C)CC2CC3CCC2C3)sc1C(C)O. The molecule has 0 radical (unpaired) electrons. The van der Waals surface area contributed by atoms with Crippen LogP contribution < -0.4 is 4.90 Å². The third-order valence-electron chi connectivity index (χ3n) is 4.92. The fourth-order valence-electron chi connectivity index (χ4n) is 3.97. The number of fused-ring (bicyclic) bond motifs is 2. The van der Waals surface area contributed by atoms with Crippen LogP contribution in [0.2, 0.25) is 0 Å². The second kappa shape index (κ2) is 5.06. The zero-order valence-electron chi connectivity index (χ0n) is 12.1. The van der Waals surface area contributed by atoms with Crippen LogP contribution in [0.1, 0.15) is 49.3 Å². The van der Waals surface area contributed by atoms with Crippen LogP contribution in [0.4, 0.5) is 5.13 Å². The number of aliphatic hydroxyl groups is 1. The Balaban J connectivity index is 1.67. The molecule has 0 amide bonds. The van der Waals surface area contributed by atoms with Gasteiger partial charge in [0, 0.05) is 13.6 Å². The maximum atomic E-state index is 9.72. The molecule has 3 nitrogen and oxygen atoms in total. The van der Waals surface area contributed by atoms with Crippen LogP contribution in [0.5, 0.6) is 0 Å². The van der Waals surface area contributed by atoms with Crippen molar-refractivity contribution in [1.82, 2.24) is 4.98 Å². The fourth-order valence-corrected chi connectivity index (χ4v) is 4.95. The molecular formula is C15H24N2OS. The number of thiazole rings is 1. The first kappa shape index (κ1) is 13.4. The normalized spacial score (nSPS) is 30.8. The minimum Gasteiger partial charge on any atom is -0.388 e. The van der Waals surface area contributed by atoms with E-state index in [0.717, 1.165) is 40.0 Å². The number of rotatable bonds is 4. The van der Waals surface area contributed by atoms with Crippen molar-refractivity contribution in [1.29, 1.82) is 0 Å². The van der Waals surface area contributed by atoms with Gasteiger partial charge in [-0.3, -0.25) is 0 Å². The molecule has 0 aliphatic heterocycles. The van der Waals surface area contributed by atoms with E-state index in [2.05, 4.69) is 16.9 Å². The number of aromatic nitrogens is 1. The van der Waals surface area contributed by atoms with Crippen molar-refractivity contribution < 1.29 is 5.11 Å². The summed E-state index contributed by atoms with van der Waals surface area (Å²) in [6, 6.07) is 0. The number of aliphatic hydroxyl groups excluding tert-OH is 1. The molecule has 0 saturated heterocycles. The topological polar surface area (TPSA) is 36.4 Å². The highest BCUT2D eigenvalue weighted by molar-refractivity contribution is 7.15. The molecule has 4 atom stereocenters. The zero-order valence-corrected chi connectivity index (χ0v) is 12.9. The molecule has 3 rings (SSSR count). The summed E-state index contributed by atoms with van der Waals surface area (Å²) in [4.78, 5) is 7.93. The molecule has 4 unspecified atom stereocenters. The van der Waals surface area contributed by atoms with E-state index in [1.54, 1.807) is 11.3 Å². The Bertz CT molecular complexity index is 457. The van der Waals surface area contributed by atoms with Gasteiger partial charge in [-0.15, -0.1) is 0 Å². The minimum absolute atomic E-state index is 0.401. The Morgan fingerprint density at radius 3 is 2.74 bits per heavy atom. The lowest BCUT2D eigenvalue weighted by molar-refractivity contribution is 0.202. The second-order valence-corrected chi connectivity index (χ2v) is 7.45. The van der Waals surface area contributed by atoms with Gasteiger partial charge in [-0.1, -0.05) is 17.8 Å². The van der Waals surface area contributed by atoms with Gasteiger partial charge in [-0.05, 0) is 50.9 Å². The Morgan fingerprint density at radius 1 is 1.42 bits per heavy atom. The summed E-state index contributed by atoms with van der Waals surface area (Å²) in [5, 5.41) is 10.8. The van der Waals surface area contributed by atoms with Crippen molar-refractivity contribution in [2.45, 2.75) is 45.6 Å². The van der Waals surface area contributed by atoms with Gasteiger partial charge in [-0.2, -0.15) is 0 Å². The lowest BCUT2D eigenvalue weighted by Gasteiger charge is -2.26. The number of nitrogens with zero attached hydrogens (tertiary/aromatic N) is 2. The smallest absolute Gasteiger partial charge is 0.185 e. The first-order chi connectivity index (χ1) is 9.04. The van der Waals surface area contributed by atoms with Crippen LogP contribution in [-0.4, -0.2) is 23.7 Å². The van der Waals surface area contributed by atoms with Gasteiger partial charge in [0.1, 0.15) is 0 Å². The molecule has 2 bridgehead atoms. The monoisotopic (exact) mass is 280 g/mol. The van der Waals surface area contributed by atoms with Gasteiger partial charge in [-0.25, -0.2) is 4.98 Å². The van der Waals surface area contributed by atoms with Crippen molar-refractivity contribution in [3.63, 3.8) is 0 Å². The van der Waals surface area contributed by atoms with Crippen LogP contribution >= 0.6 is 11.3 Å². The van der Waals surface area contributed by atoms with E-state index in [0.29, 0.717) is 0 Å². The third kappa shape index (κ3) is 2.52. The maximum Gasteiger partial charge on any atom is 0.185 e. The summed E-state index contributed by atoms with van der Waals surface area (Å²) in [6.07, 6.45) is 5.39. The van der Waals surface area contributed by atoms with Gasteiger partial charge in [0.25, 0.3) is 0 Å². The highest BCUT2D eigenvalue weighted by atomic mass is 32.1. The number of anilines is 1. The summed E-state index contributed by atoms with van der Waals surface area (Å²) < 4.78 is 0. The number of hydrogen-bond donors (Lipinski definition) is 1. The maximum absolute atomic E-state index is 9.72. The van der Waals surface area contributed by atoms with E-state index in [9.17, 15) is 5.11 Å². The molecule has 0 aromatic carbocycles. The molecule has 1 N–H and O–H groups in total. The van der Waals surface area contributed by atoms with Gasteiger partial charge in [0.15, 0.2) is 5.13 Å². The highest BCUT2D eigenvalue weighted by Crippen LogP contribution is 2.48. The van der Waals surface area contributed by atoms with Crippen LogP contribution in [0, 0.1) is 24.7 Å². The van der Waals surface area contributed by atoms with Crippen LogP contribution in [0.3, 0.4) is 0 Å². The molecule has 19 heavy (non-hydrogen) atoms. The molecule has 4 heteroatoms. The van der Waals surface area contributed by atoms with Gasteiger partial charge in [0.2, 0.25) is 0 Å². The molecule has 106 valence electrons. The molecule has 1 aromatic rings. The first-order valence-corrected chi connectivity index (χ1v) is 8.22. The van der Waals surface area contributed by atoms with E-state index in [1.165, 1.54) is 25.7 Å². The molecule has 0 spiro atoms. The minimum atomic E-state index is -0.401. The molecule has 2 saturated carbocycles. The Hall–Kier alpha value is -0.610. The fraction of sp³-hybridized carbons (Fsp3) is 0.800. The summed E-state index contributed by atoms with van der Waals surface area (Å²) in [6.45, 7) is 4.95. The molecule has 2 aliphatic rings. The third-order valence-corrected chi connectivity index (χ3v) is 6.36. The predicted octanol–water partition coefficient (Wildman–Crippen LogP) is 3.38. The molecule has 2 aliphatic carbocycles. The number of aryl methyl sites for hydroxylation is 1. The first-order valence-electron chi connectivity index (χ1n) is 7.41. The van der Waals surface area contributed by atoms with Crippen LogP contribution in [0.25, 0.3) is 0 Å². The zero-order chi connectivity index (χ0) is 13.6. The predicted molar refractivity (Wildman–Crippen MR) is 79.7 cm³/mol. The quantitative estimate of drug-likeness (QED) is 0.918. The van der Waals surface area contributed by atoms with Crippen LogP contribution in [-0.2, 0) is 0 Å². The Morgan fingerprint density at radius 2 is 2.21 bits per heavy atom. The van der Waals surface area contributed by atoms with Crippen molar-refractivity contribution >= 4 is 16.5 Å². The Labute approximate surface area is 119 Å². The largest absolute Gasteiger partial charge is 0.388 e. The van der Waals surface area contributed by atoms with Crippen molar-refractivity contribution in [3.8, 4) is 0 Å². The van der Waals surface area contributed by atoms with Gasteiger partial charge >= 0.3 is 0 Å². The van der Waals surface area contributed by atoms with Gasteiger partial charge in [0.05, 0.1) is 16.7 Å². The Kier molecular flexibility index (Phi) is 3.56. The summed E-state index contributed by atoms with van der Waals surface area (Å²) >= 11 is 1.64. The van der Waals surface area contributed by atoms with Gasteiger partial charge < -0.3 is 10.0 Å². The summed E-state index contributed by atoms with van der Waals surface area (Å²) in [7, 11) is 2.15. The highest BCUT2D eigenvalue weighted by Gasteiger charge is 2.39. The number of hydrogen-bond acceptors (Lipinski definition) is 4. The molecule has 1 heterocycles. The van der Waals surface area contributed by atoms with E-state index in [4.69, 9.17) is 0 Å². The average molecular weight is 280 g/mol. The van der Waals surface area contributed by atoms with Crippen LogP contribution in [0.15, 0.2) is 0 Å². The van der Waals surface area contributed by atoms with E-state index < -0.39 is 6.10 Å². The van der Waals surface area contributed by atoms with Crippen molar-refractivity contribution in [2.24, 2.45) is 17.8 Å².